The first-order chi connectivity index (χ1) is 12.5. The average molecular weight is 490 g/mol. The smallest absolute Gasteiger partial charge is 0.307 e. The molecule has 0 aliphatic heterocycles. The normalized spacial score (nSPS) is 11.4. The predicted molar refractivity (Wildman–Crippen MR) is 117 cm³/mol. The predicted octanol–water partition coefficient (Wildman–Crippen LogP) is 3.36. The molecule has 0 saturated heterocycles. The third-order valence-corrected chi connectivity index (χ3v) is 3.71. The fraction of sp³-hybridized carbons (Fsp3) is 0.474. The standard InChI is InChI=1S/C19H27FN4O2.HI/c1-4-21-19(23-10-8-18(25)26-13(2)3)22-9-7-14-12-24-17-11-15(20)5-6-16(14)17;/h5-6,11-13,24H,4,7-10H2,1-3H3,(H2,21,22,23);1H. The van der Waals surface area contributed by atoms with Gasteiger partial charge in [-0.25, -0.2) is 4.39 Å². The van der Waals surface area contributed by atoms with Gasteiger partial charge in [0.1, 0.15) is 5.82 Å². The van der Waals surface area contributed by atoms with Crippen LogP contribution in [0.15, 0.2) is 29.4 Å². The number of benzene rings is 1. The first-order valence-corrected chi connectivity index (χ1v) is 8.96. The zero-order chi connectivity index (χ0) is 18.9. The molecule has 0 spiro atoms. The molecule has 1 heterocycles. The summed E-state index contributed by atoms with van der Waals surface area (Å²) < 4.78 is 18.3. The minimum atomic E-state index is -0.249. The van der Waals surface area contributed by atoms with E-state index in [1.165, 1.54) is 12.1 Å². The maximum absolute atomic E-state index is 13.2. The lowest BCUT2D eigenvalue weighted by atomic mass is 10.1. The van der Waals surface area contributed by atoms with Crippen LogP contribution in [0.25, 0.3) is 10.9 Å². The van der Waals surface area contributed by atoms with Gasteiger partial charge < -0.3 is 20.4 Å². The van der Waals surface area contributed by atoms with Gasteiger partial charge in [0.2, 0.25) is 0 Å². The number of aromatic amines is 1. The number of carbonyl (C=O) groups is 1. The van der Waals surface area contributed by atoms with Crippen LogP contribution in [0.2, 0.25) is 0 Å². The summed E-state index contributed by atoms with van der Waals surface area (Å²) in [6.45, 7) is 7.41. The molecule has 0 radical (unpaired) electrons. The van der Waals surface area contributed by atoms with Crippen molar-refractivity contribution in [3.8, 4) is 0 Å². The van der Waals surface area contributed by atoms with E-state index < -0.39 is 0 Å². The monoisotopic (exact) mass is 490 g/mol. The molecule has 0 aliphatic carbocycles. The fourth-order valence-electron chi connectivity index (χ4n) is 2.60. The number of nitrogens with zero attached hydrogens (tertiary/aromatic N) is 1. The molecule has 150 valence electrons. The van der Waals surface area contributed by atoms with Crippen molar-refractivity contribution in [2.75, 3.05) is 19.6 Å². The number of esters is 1. The molecular formula is C19H28FIN4O2. The Kier molecular flexibility index (Phi) is 10.1. The molecule has 8 heteroatoms. The van der Waals surface area contributed by atoms with Crippen molar-refractivity contribution in [1.82, 2.24) is 15.6 Å². The van der Waals surface area contributed by atoms with Crippen molar-refractivity contribution >= 4 is 46.8 Å². The van der Waals surface area contributed by atoms with E-state index in [9.17, 15) is 9.18 Å². The minimum absolute atomic E-state index is 0. The Balaban J connectivity index is 0.00000364. The summed E-state index contributed by atoms with van der Waals surface area (Å²) in [6.07, 6.45) is 2.81. The lowest BCUT2D eigenvalue weighted by Gasteiger charge is -2.11. The van der Waals surface area contributed by atoms with E-state index in [-0.39, 0.29) is 48.3 Å². The van der Waals surface area contributed by atoms with Crippen LogP contribution < -0.4 is 10.6 Å². The number of ether oxygens (including phenoxy) is 1. The fourth-order valence-corrected chi connectivity index (χ4v) is 2.60. The highest BCUT2D eigenvalue weighted by molar-refractivity contribution is 14.0. The number of H-pyrrole nitrogens is 1. The molecule has 0 amide bonds. The Morgan fingerprint density at radius 2 is 2.11 bits per heavy atom. The van der Waals surface area contributed by atoms with Gasteiger partial charge in [-0.05, 0) is 51.0 Å². The van der Waals surface area contributed by atoms with E-state index in [0.717, 1.165) is 29.4 Å². The molecule has 0 fully saturated rings. The molecule has 2 rings (SSSR count). The molecule has 27 heavy (non-hydrogen) atoms. The van der Waals surface area contributed by atoms with E-state index in [2.05, 4.69) is 20.6 Å². The summed E-state index contributed by atoms with van der Waals surface area (Å²) in [5, 5.41) is 7.42. The topological polar surface area (TPSA) is 78.5 Å². The summed E-state index contributed by atoms with van der Waals surface area (Å²) in [4.78, 5) is 19.0. The summed E-state index contributed by atoms with van der Waals surface area (Å²) >= 11 is 0. The second-order valence-electron chi connectivity index (χ2n) is 6.23. The van der Waals surface area contributed by atoms with E-state index in [0.29, 0.717) is 19.0 Å². The number of aliphatic imine (C=N–C) groups is 1. The SMILES string of the molecule is CCNC(=NCCC(=O)OC(C)C)NCCc1c[nH]c2cc(F)ccc12.I. The van der Waals surface area contributed by atoms with Crippen LogP contribution in [0, 0.1) is 5.82 Å². The number of fused-ring (bicyclic) bond motifs is 1. The molecule has 0 unspecified atom stereocenters. The summed E-state index contributed by atoms with van der Waals surface area (Å²) in [5.41, 5.74) is 1.91. The Bertz CT molecular complexity index is 761. The van der Waals surface area contributed by atoms with Gasteiger partial charge in [-0.3, -0.25) is 9.79 Å². The molecule has 1 aromatic carbocycles. The Hall–Kier alpha value is -1.84. The van der Waals surface area contributed by atoms with Crippen molar-refractivity contribution in [2.24, 2.45) is 4.99 Å². The number of nitrogens with one attached hydrogen (secondary N) is 3. The van der Waals surface area contributed by atoms with Crippen LogP contribution >= 0.6 is 24.0 Å². The maximum atomic E-state index is 13.2. The van der Waals surface area contributed by atoms with Crippen molar-refractivity contribution in [3.63, 3.8) is 0 Å². The average Bonchev–Trinajstić information content (AvgIpc) is 2.96. The molecule has 6 nitrogen and oxygen atoms in total. The summed E-state index contributed by atoms with van der Waals surface area (Å²) in [6, 6.07) is 4.75. The zero-order valence-corrected chi connectivity index (χ0v) is 18.3. The van der Waals surface area contributed by atoms with Gasteiger partial charge in [-0.2, -0.15) is 0 Å². The largest absolute Gasteiger partial charge is 0.463 e. The van der Waals surface area contributed by atoms with Crippen LogP contribution in [0.4, 0.5) is 4.39 Å². The third-order valence-electron chi connectivity index (χ3n) is 3.71. The maximum Gasteiger partial charge on any atom is 0.307 e. The van der Waals surface area contributed by atoms with Crippen molar-refractivity contribution in [3.05, 3.63) is 35.8 Å². The van der Waals surface area contributed by atoms with Crippen molar-refractivity contribution in [1.29, 1.82) is 0 Å². The molecule has 0 bridgehead atoms. The van der Waals surface area contributed by atoms with Crippen LogP contribution in [-0.2, 0) is 16.0 Å². The van der Waals surface area contributed by atoms with Crippen LogP contribution in [-0.4, -0.2) is 42.7 Å². The van der Waals surface area contributed by atoms with E-state index in [4.69, 9.17) is 4.74 Å². The molecular weight excluding hydrogens is 462 g/mol. The molecule has 3 N–H and O–H groups in total. The van der Waals surface area contributed by atoms with Crippen LogP contribution in [0.3, 0.4) is 0 Å². The van der Waals surface area contributed by atoms with Crippen LogP contribution in [0.1, 0.15) is 32.8 Å². The molecule has 2 aromatic rings. The Labute approximate surface area is 176 Å². The van der Waals surface area contributed by atoms with Crippen LogP contribution in [0.5, 0.6) is 0 Å². The van der Waals surface area contributed by atoms with E-state index in [1.807, 2.05) is 27.0 Å². The quantitative estimate of drug-likeness (QED) is 0.230. The van der Waals surface area contributed by atoms with E-state index in [1.54, 1.807) is 6.07 Å². The third kappa shape index (κ3) is 7.74. The minimum Gasteiger partial charge on any atom is -0.463 e. The van der Waals surface area contributed by atoms with Gasteiger partial charge in [-0.15, -0.1) is 24.0 Å². The van der Waals surface area contributed by atoms with E-state index >= 15 is 0 Å². The summed E-state index contributed by atoms with van der Waals surface area (Å²) in [7, 11) is 0. The second-order valence-corrected chi connectivity index (χ2v) is 6.23. The lowest BCUT2D eigenvalue weighted by molar-refractivity contribution is -0.147. The van der Waals surface area contributed by atoms with Crippen molar-refractivity contribution in [2.45, 2.75) is 39.7 Å². The Morgan fingerprint density at radius 1 is 1.33 bits per heavy atom. The van der Waals surface area contributed by atoms with Gasteiger partial charge in [-0.1, -0.05) is 0 Å². The number of hydrogen-bond donors (Lipinski definition) is 3. The lowest BCUT2D eigenvalue weighted by Crippen LogP contribution is -2.38. The first-order valence-electron chi connectivity index (χ1n) is 8.96. The number of carbonyl (C=O) groups excluding carboxylic acids is 1. The highest BCUT2D eigenvalue weighted by Gasteiger charge is 2.07. The highest BCUT2D eigenvalue weighted by Crippen LogP contribution is 2.19. The molecule has 0 saturated carbocycles. The first kappa shape index (κ1) is 23.2. The van der Waals surface area contributed by atoms with Gasteiger partial charge in [0.05, 0.1) is 19.1 Å². The van der Waals surface area contributed by atoms with Crippen molar-refractivity contribution < 1.29 is 13.9 Å². The van der Waals surface area contributed by atoms with Gasteiger partial charge >= 0.3 is 5.97 Å². The molecule has 0 atom stereocenters. The Morgan fingerprint density at radius 3 is 2.81 bits per heavy atom. The summed E-state index contributed by atoms with van der Waals surface area (Å²) in [5.74, 6) is 0.169. The van der Waals surface area contributed by atoms with Gasteiger partial charge in [0, 0.05) is 30.2 Å². The number of hydrogen-bond acceptors (Lipinski definition) is 3. The number of rotatable bonds is 8. The number of guanidine groups is 1. The number of halogens is 2. The van der Waals surface area contributed by atoms with Gasteiger partial charge in [0.25, 0.3) is 0 Å². The molecule has 1 aromatic heterocycles. The van der Waals surface area contributed by atoms with Gasteiger partial charge in [0.15, 0.2) is 5.96 Å². The number of aromatic nitrogens is 1. The highest BCUT2D eigenvalue weighted by atomic mass is 127. The molecule has 0 aliphatic rings. The zero-order valence-electron chi connectivity index (χ0n) is 16.0. The second kappa shape index (κ2) is 11.8.